The quantitative estimate of drug-likeness (QED) is 0.797. The SMILES string of the molecule is CN(CCC#N)C(=O)c1ccc(-c2ncnc3[nH]ccc23)o1.[HH]. The highest BCUT2D eigenvalue weighted by atomic mass is 16.4. The van der Waals surface area contributed by atoms with Crippen LogP contribution in [0.25, 0.3) is 22.5 Å². The van der Waals surface area contributed by atoms with Gasteiger partial charge in [0.25, 0.3) is 5.91 Å². The van der Waals surface area contributed by atoms with Crippen LogP contribution in [0.2, 0.25) is 0 Å². The summed E-state index contributed by atoms with van der Waals surface area (Å²) < 4.78 is 5.63. The standard InChI is InChI=1S/C15H13N5O2.H2/c1-20(8-2-6-16)15(21)12-4-3-11(22-12)13-10-5-7-17-14(10)19-9-18-13;/h3-5,7,9H,2,8H2,1H3,(H,17,18,19);1H. The van der Waals surface area contributed by atoms with Crippen LogP contribution in [0.4, 0.5) is 0 Å². The molecule has 0 unspecified atom stereocenters. The number of aromatic amines is 1. The summed E-state index contributed by atoms with van der Waals surface area (Å²) in [7, 11) is 1.64. The van der Waals surface area contributed by atoms with E-state index in [1.54, 1.807) is 25.4 Å². The zero-order chi connectivity index (χ0) is 15.5. The molecule has 0 aromatic carbocycles. The Bertz CT molecular complexity index is 864. The number of carbonyl (C=O) groups excluding carboxylic acids is 1. The number of hydrogen-bond acceptors (Lipinski definition) is 5. The van der Waals surface area contributed by atoms with Gasteiger partial charge >= 0.3 is 0 Å². The molecule has 0 fully saturated rings. The lowest BCUT2D eigenvalue weighted by atomic mass is 10.2. The highest BCUT2D eigenvalue weighted by molar-refractivity contribution is 5.93. The predicted molar refractivity (Wildman–Crippen MR) is 80.9 cm³/mol. The van der Waals surface area contributed by atoms with E-state index in [0.717, 1.165) is 5.39 Å². The van der Waals surface area contributed by atoms with Gasteiger partial charge in [0, 0.05) is 26.6 Å². The van der Waals surface area contributed by atoms with Crippen LogP contribution in [0.15, 0.2) is 35.1 Å². The van der Waals surface area contributed by atoms with Crippen molar-refractivity contribution < 1.29 is 10.6 Å². The van der Waals surface area contributed by atoms with E-state index in [1.807, 2.05) is 12.1 Å². The van der Waals surface area contributed by atoms with Crippen molar-refractivity contribution in [3.63, 3.8) is 0 Å². The normalized spacial score (nSPS) is 10.5. The van der Waals surface area contributed by atoms with Gasteiger partial charge in [-0.15, -0.1) is 0 Å². The minimum atomic E-state index is -0.263. The fourth-order valence-electron chi connectivity index (χ4n) is 2.16. The van der Waals surface area contributed by atoms with Gasteiger partial charge in [-0.3, -0.25) is 4.79 Å². The van der Waals surface area contributed by atoms with Gasteiger partial charge in [0.15, 0.2) is 11.5 Å². The Morgan fingerprint density at radius 2 is 2.32 bits per heavy atom. The third-order valence-corrected chi connectivity index (χ3v) is 3.31. The number of hydrogen-bond donors (Lipinski definition) is 1. The van der Waals surface area contributed by atoms with E-state index >= 15 is 0 Å². The van der Waals surface area contributed by atoms with E-state index in [4.69, 9.17) is 9.68 Å². The van der Waals surface area contributed by atoms with E-state index in [1.165, 1.54) is 11.2 Å². The first-order valence-electron chi connectivity index (χ1n) is 6.71. The molecule has 1 N–H and O–H groups in total. The Labute approximate surface area is 127 Å². The monoisotopic (exact) mass is 297 g/mol. The van der Waals surface area contributed by atoms with Gasteiger partial charge < -0.3 is 14.3 Å². The summed E-state index contributed by atoms with van der Waals surface area (Å²) in [6.45, 7) is 0.362. The molecule has 7 heteroatoms. The van der Waals surface area contributed by atoms with Gasteiger partial charge in [0.05, 0.1) is 12.5 Å². The Morgan fingerprint density at radius 3 is 3.14 bits per heavy atom. The fourth-order valence-corrected chi connectivity index (χ4v) is 2.16. The summed E-state index contributed by atoms with van der Waals surface area (Å²) in [5.74, 6) is 0.461. The van der Waals surface area contributed by atoms with Crippen LogP contribution in [-0.2, 0) is 0 Å². The van der Waals surface area contributed by atoms with E-state index in [0.29, 0.717) is 23.6 Å². The highest BCUT2D eigenvalue weighted by Gasteiger charge is 2.18. The van der Waals surface area contributed by atoms with Crippen LogP contribution in [0.1, 0.15) is 18.4 Å². The summed E-state index contributed by atoms with van der Waals surface area (Å²) in [6, 6.07) is 7.18. The maximum Gasteiger partial charge on any atom is 0.289 e. The van der Waals surface area contributed by atoms with Crippen LogP contribution in [0.5, 0.6) is 0 Å². The molecule has 3 heterocycles. The second-order valence-corrected chi connectivity index (χ2v) is 4.76. The van der Waals surface area contributed by atoms with Crippen molar-refractivity contribution in [1.29, 1.82) is 5.26 Å². The fraction of sp³-hybridized carbons (Fsp3) is 0.200. The summed E-state index contributed by atoms with van der Waals surface area (Å²) >= 11 is 0. The Morgan fingerprint density at radius 1 is 1.45 bits per heavy atom. The van der Waals surface area contributed by atoms with Crippen molar-refractivity contribution in [2.75, 3.05) is 13.6 Å². The average molecular weight is 297 g/mol. The molecule has 0 saturated heterocycles. The number of H-pyrrole nitrogens is 1. The molecule has 0 aliphatic rings. The molecule has 3 aromatic rings. The lowest BCUT2D eigenvalue weighted by Gasteiger charge is -2.13. The van der Waals surface area contributed by atoms with Gasteiger partial charge in [-0.05, 0) is 18.2 Å². The minimum Gasteiger partial charge on any atom is -0.449 e. The Balaban J connectivity index is 0.00000192. The largest absolute Gasteiger partial charge is 0.449 e. The van der Waals surface area contributed by atoms with E-state index < -0.39 is 0 Å². The molecule has 1 amide bonds. The van der Waals surface area contributed by atoms with Crippen molar-refractivity contribution in [2.24, 2.45) is 0 Å². The third kappa shape index (κ3) is 2.42. The van der Waals surface area contributed by atoms with E-state index in [2.05, 4.69) is 15.0 Å². The van der Waals surface area contributed by atoms with Crippen LogP contribution in [0, 0.1) is 11.3 Å². The Kier molecular flexibility index (Phi) is 3.58. The topological polar surface area (TPSA) is 98.8 Å². The molecular formula is C15H15N5O2. The van der Waals surface area contributed by atoms with Gasteiger partial charge in [0.2, 0.25) is 0 Å². The lowest BCUT2D eigenvalue weighted by molar-refractivity contribution is 0.0767. The molecular weight excluding hydrogens is 282 g/mol. The molecule has 0 saturated carbocycles. The van der Waals surface area contributed by atoms with E-state index in [-0.39, 0.29) is 19.5 Å². The minimum absolute atomic E-state index is 0. The number of aromatic nitrogens is 3. The highest BCUT2D eigenvalue weighted by Crippen LogP contribution is 2.26. The van der Waals surface area contributed by atoms with Gasteiger partial charge in [-0.1, -0.05) is 0 Å². The average Bonchev–Trinajstić information content (AvgIpc) is 3.20. The molecule has 0 bridgehead atoms. The second-order valence-electron chi connectivity index (χ2n) is 4.76. The first-order chi connectivity index (χ1) is 10.7. The molecule has 0 spiro atoms. The molecule has 3 aromatic heterocycles. The maximum atomic E-state index is 12.2. The number of fused-ring (bicyclic) bond motifs is 1. The summed E-state index contributed by atoms with van der Waals surface area (Å²) in [5, 5.41) is 9.40. The van der Waals surface area contributed by atoms with Crippen molar-refractivity contribution in [3.8, 4) is 17.5 Å². The molecule has 0 atom stereocenters. The zero-order valence-corrected chi connectivity index (χ0v) is 11.9. The number of amides is 1. The molecule has 3 rings (SSSR count). The summed E-state index contributed by atoms with van der Waals surface area (Å²) in [4.78, 5) is 25.0. The number of nitrogens with zero attached hydrogens (tertiary/aromatic N) is 4. The summed E-state index contributed by atoms with van der Waals surface area (Å²) in [5.41, 5.74) is 1.34. The van der Waals surface area contributed by atoms with Crippen molar-refractivity contribution in [2.45, 2.75) is 6.42 Å². The number of nitriles is 1. The van der Waals surface area contributed by atoms with Crippen molar-refractivity contribution in [1.82, 2.24) is 19.9 Å². The number of nitrogens with one attached hydrogen (secondary N) is 1. The third-order valence-electron chi connectivity index (χ3n) is 3.31. The number of carbonyl (C=O) groups is 1. The molecule has 7 nitrogen and oxygen atoms in total. The maximum absolute atomic E-state index is 12.2. The van der Waals surface area contributed by atoms with Crippen molar-refractivity contribution in [3.05, 3.63) is 36.5 Å². The molecule has 0 aliphatic carbocycles. The first kappa shape index (κ1) is 13.8. The zero-order valence-electron chi connectivity index (χ0n) is 11.9. The molecule has 112 valence electrons. The predicted octanol–water partition coefficient (Wildman–Crippen LogP) is 2.45. The van der Waals surface area contributed by atoms with E-state index in [9.17, 15) is 4.79 Å². The molecule has 0 aliphatic heterocycles. The number of furan rings is 1. The van der Waals surface area contributed by atoms with Gasteiger partial charge in [0.1, 0.15) is 17.7 Å². The lowest BCUT2D eigenvalue weighted by Crippen LogP contribution is -2.27. The van der Waals surface area contributed by atoms with Crippen LogP contribution < -0.4 is 0 Å². The van der Waals surface area contributed by atoms with Gasteiger partial charge in [-0.25, -0.2) is 9.97 Å². The van der Waals surface area contributed by atoms with Crippen LogP contribution in [-0.4, -0.2) is 39.4 Å². The second kappa shape index (κ2) is 5.69. The van der Waals surface area contributed by atoms with Gasteiger partial charge in [-0.2, -0.15) is 5.26 Å². The number of rotatable bonds is 4. The smallest absolute Gasteiger partial charge is 0.289 e. The molecule has 22 heavy (non-hydrogen) atoms. The van der Waals surface area contributed by atoms with Crippen LogP contribution >= 0.6 is 0 Å². The molecule has 0 radical (unpaired) electrons. The first-order valence-corrected chi connectivity index (χ1v) is 6.71. The van der Waals surface area contributed by atoms with Crippen molar-refractivity contribution >= 4 is 16.9 Å². The Hall–Kier alpha value is -3.14. The summed E-state index contributed by atoms with van der Waals surface area (Å²) in [6.07, 6.45) is 3.50. The van der Waals surface area contributed by atoms with Crippen LogP contribution in [0.3, 0.4) is 0 Å².